The summed E-state index contributed by atoms with van der Waals surface area (Å²) >= 11 is 0. The van der Waals surface area contributed by atoms with Crippen LogP contribution in [-0.2, 0) is 12.8 Å². The molecule has 3 nitrogen and oxygen atoms in total. The van der Waals surface area contributed by atoms with E-state index in [0.29, 0.717) is 0 Å². The van der Waals surface area contributed by atoms with E-state index in [1.807, 2.05) is 12.1 Å². The molecule has 0 aromatic heterocycles. The van der Waals surface area contributed by atoms with E-state index in [0.717, 1.165) is 37.4 Å². The van der Waals surface area contributed by atoms with Crippen LogP contribution in [0.1, 0.15) is 11.1 Å². The largest absolute Gasteiger partial charge is 0.497 e. The number of ether oxygens (including phenoxy) is 2. The molecular weight excluding hydrogens is 394 g/mol. The van der Waals surface area contributed by atoms with Gasteiger partial charge in [-0.1, -0.05) is 48.5 Å². The number of methoxy groups -OCH3 is 2. The van der Waals surface area contributed by atoms with Crippen molar-refractivity contribution in [2.24, 2.45) is 0 Å². The van der Waals surface area contributed by atoms with Crippen LogP contribution in [0.15, 0.2) is 72.8 Å². The molecule has 0 aliphatic carbocycles. The number of nitrogens with one attached hydrogen (secondary N) is 1. The van der Waals surface area contributed by atoms with Crippen molar-refractivity contribution in [3.05, 3.63) is 83.9 Å². The van der Waals surface area contributed by atoms with E-state index in [-0.39, 0.29) is 12.4 Å². The minimum absolute atomic E-state index is 0. The monoisotopic (exact) mass is 421 g/mol. The fraction of sp³-hybridized carbons (Fsp3) is 0.231. The van der Waals surface area contributed by atoms with E-state index in [1.165, 1.54) is 32.7 Å². The van der Waals surface area contributed by atoms with Gasteiger partial charge >= 0.3 is 0 Å². The van der Waals surface area contributed by atoms with Crippen LogP contribution in [0, 0.1) is 0 Å². The summed E-state index contributed by atoms with van der Waals surface area (Å²) in [5.41, 5.74) is 2.70. The van der Waals surface area contributed by atoms with E-state index in [1.54, 1.807) is 14.2 Å². The van der Waals surface area contributed by atoms with Crippen molar-refractivity contribution in [1.29, 1.82) is 0 Å². The lowest BCUT2D eigenvalue weighted by molar-refractivity contribution is 0.415. The first-order chi connectivity index (χ1) is 14.3. The Labute approximate surface area is 184 Å². The molecule has 0 heterocycles. The summed E-state index contributed by atoms with van der Waals surface area (Å²) < 4.78 is 10.8. The normalized spacial score (nSPS) is 10.7. The molecule has 4 rings (SSSR count). The number of fused-ring (bicyclic) bond motifs is 2. The topological polar surface area (TPSA) is 30.5 Å². The summed E-state index contributed by atoms with van der Waals surface area (Å²) in [4.78, 5) is 0. The Balaban J connectivity index is 0.00000256. The van der Waals surface area contributed by atoms with E-state index >= 15 is 0 Å². The quantitative estimate of drug-likeness (QED) is 0.364. The van der Waals surface area contributed by atoms with Crippen LogP contribution in [0.5, 0.6) is 11.5 Å². The first-order valence-electron chi connectivity index (χ1n) is 10.1. The molecule has 0 atom stereocenters. The van der Waals surface area contributed by atoms with Crippen molar-refractivity contribution in [2.75, 3.05) is 27.3 Å². The molecule has 30 heavy (non-hydrogen) atoms. The lowest BCUT2D eigenvalue weighted by atomic mass is 10.0. The van der Waals surface area contributed by atoms with Gasteiger partial charge in [-0.25, -0.2) is 0 Å². The summed E-state index contributed by atoms with van der Waals surface area (Å²) in [5.74, 6) is 1.81. The van der Waals surface area contributed by atoms with Gasteiger partial charge < -0.3 is 14.8 Å². The highest BCUT2D eigenvalue weighted by Gasteiger charge is 2.05. The molecule has 0 radical (unpaired) electrons. The van der Waals surface area contributed by atoms with Crippen molar-refractivity contribution >= 4 is 34.0 Å². The van der Waals surface area contributed by atoms with Gasteiger partial charge in [0.1, 0.15) is 11.5 Å². The van der Waals surface area contributed by atoms with Gasteiger partial charge in [-0.15, -0.1) is 12.4 Å². The van der Waals surface area contributed by atoms with Gasteiger partial charge in [0, 0.05) is 0 Å². The predicted octanol–water partition coefficient (Wildman–Crippen LogP) is 5.81. The zero-order chi connectivity index (χ0) is 20.1. The second kappa shape index (κ2) is 10.3. The van der Waals surface area contributed by atoms with Crippen LogP contribution in [-0.4, -0.2) is 27.3 Å². The van der Waals surface area contributed by atoms with Crippen molar-refractivity contribution in [3.63, 3.8) is 0 Å². The van der Waals surface area contributed by atoms with Crippen molar-refractivity contribution in [3.8, 4) is 11.5 Å². The molecule has 0 unspecified atom stereocenters. The predicted molar refractivity (Wildman–Crippen MR) is 129 cm³/mol. The highest BCUT2D eigenvalue weighted by molar-refractivity contribution is 5.88. The highest BCUT2D eigenvalue weighted by Crippen LogP contribution is 2.25. The first-order valence-corrected chi connectivity index (χ1v) is 10.1. The maximum Gasteiger partial charge on any atom is 0.119 e. The van der Waals surface area contributed by atoms with Gasteiger partial charge in [0.2, 0.25) is 0 Å². The van der Waals surface area contributed by atoms with Crippen LogP contribution in [0.4, 0.5) is 0 Å². The number of benzene rings is 4. The van der Waals surface area contributed by atoms with Gasteiger partial charge in [0.25, 0.3) is 0 Å². The number of halogens is 1. The summed E-state index contributed by atoms with van der Waals surface area (Å²) in [6.07, 6.45) is 1.99. The smallest absolute Gasteiger partial charge is 0.119 e. The molecule has 4 aromatic rings. The molecule has 0 saturated carbocycles. The summed E-state index contributed by atoms with van der Waals surface area (Å²) in [6, 6.07) is 25.5. The first kappa shape index (κ1) is 21.9. The van der Waals surface area contributed by atoms with E-state index in [4.69, 9.17) is 9.47 Å². The van der Waals surface area contributed by atoms with Crippen LogP contribution in [0.25, 0.3) is 21.5 Å². The third kappa shape index (κ3) is 4.86. The Morgan fingerprint density at radius 1 is 0.633 bits per heavy atom. The summed E-state index contributed by atoms with van der Waals surface area (Å²) in [6.45, 7) is 1.90. The molecule has 4 heteroatoms. The van der Waals surface area contributed by atoms with Crippen LogP contribution >= 0.6 is 12.4 Å². The van der Waals surface area contributed by atoms with Crippen molar-refractivity contribution in [1.82, 2.24) is 5.32 Å². The molecule has 156 valence electrons. The lowest BCUT2D eigenvalue weighted by Crippen LogP contribution is -2.20. The Kier molecular flexibility index (Phi) is 7.56. The SMILES string of the molecule is COc1ccc2cccc(CCNCCc3cccc4ccc(OC)cc34)c2c1.Cl. The molecule has 0 amide bonds. The minimum atomic E-state index is 0. The highest BCUT2D eigenvalue weighted by atomic mass is 35.5. The van der Waals surface area contributed by atoms with Crippen molar-refractivity contribution < 1.29 is 9.47 Å². The fourth-order valence-electron chi connectivity index (χ4n) is 3.89. The van der Waals surface area contributed by atoms with Gasteiger partial charge in [0.05, 0.1) is 14.2 Å². The Hall–Kier alpha value is -2.75. The standard InChI is InChI=1S/C26H27NO2.ClH/c1-28-23-11-9-19-5-3-7-21(25(19)17-23)13-15-27-16-14-22-8-4-6-20-10-12-24(29-2)18-26(20)22;/h3-12,17-18,27H,13-16H2,1-2H3;1H. The maximum absolute atomic E-state index is 5.40. The molecule has 0 saturated heterocycles. The lowest BCUT2D eigenvalue weighted by Gasteiger charge is -2.11. The van der Waals surface area contributed by atoms with Crippen LogP contribution < -0.4 is 14.8 Å². The molecule has 0 spiro atoms. The van der Waals surface area contributed by atoms with Crippen molar-refractivity contribution in [2.45, 2.75) is 12.8 Å². The van der Waals surface area contributed by atoms with E-state index in [2.05, 4.69) is 66.0 Å². The molecule has 1 N–H and O–H groups in total. The van der Waals surface area contributed by atoms with Gasteiger partial charge in [0.15, 0.2) is 0 Å². The second-order valence-electron chi connectivity index (χ2n) is 7.26. The molecule has 0 bridgehead atoms. The Morgan fingerprint density at radius 2 is 1.10 bits per heavy atom. The average Bonchev–Trinajstić information content (AvgIpc) is 2.78. The zero-order valence-corrected chi connectivity index (χ0v) is 18.3. The summed E-state index contributed by atoms with van der Waals surface area (Å²) in [7, 11) is 3.43. The van der Waals surface area contributed by atoms with E-state index < -0.39 is 0 Å². The maximum atomic E-state index is 5.40. The molecular formula is C26H28ClNO2. The molecule has 0 aliphatic heterocycles. The second-order valence-corrected chi connectivity index (χ2v) is 7.26. The van der Waals surface area contributed by atoms with E-state index in [9.17, 15) is 0 Å². The van der Waals surface area contributed by atoms with Crippen LogP contribution in [0.3, 0.4) is 0 Å². The van der Waals surface area contributed by atoms with Gasteiger partial charge in [-0.2, -0.15) is 0 Å². The van der Waals surface area contributed by atoms with Gasteiger partial charge in [-0.05, 0) is 82.9 Å². The minimum Gasteiger partial charge on any atom is -0.497 e. The zero-order valence-electron chi connectivity index (χ0n) is 17.5. The molecule has 0 fully saturated rings. The number of hydrogen-bond donors (Lipinski definition) is 1. The third-order valence-corrected chi connectivity index (χ3v) is 5.50. The summed E-state index contributed by atoms with van der Waals surface area (Å²) in [5, 5.41) is 8.67. The van der Waals surface area contributed by atoms with Crippen LogP contribution in [0.2, 0.25) is 0 Å². The fourth-order valence-corrected chi connectivity index (χ4v) is 3.89. The Bertz CT molecular complexity index is 1040. The Morgan fingerprint density at radius 3 is 1.53 bits per heavy atom. The number of hydrogen-bond acceptors (Lipinski definition) is 3. The number of rotatable bonds is 8. The molecule has 4 aromatic carbocycles. The average molecular weight is 422 g/mol. The molecule has 0 aliphatic rings. The van der Waals surface area contributed by atoms with Gasteiger partial charge in [-0.3, -0.25) is 0 Å². The third-order valence-electron chi connectivity index (χ3n) is 5.50.